The van der Waals surface area contributed by atoms with E-state index in [1.54, 1.807) is 0 Å². The van der Waals surface area contributed by atoms with Crippen LogP contribution in [0.5, 0.6) is 0 Å². The summed E-state index contributed by atoms with van der Waals surface area (Å²) in [5.74, 6) is 7.24. The second kappa shape index (κ2) is 8.18. The standard InChI is InChI=1S/C20H36N2/c1-19(2,3)13-9-8-10-14-22-15-11-18(12-16-22)20(4,5)17-21(6)7/h8,10,18H,11-12,14-17H2,1-7H3. The maximum Gasteiger partial charge on any atom is 0.0233 e. The Morgan fingerprint density at radius 3 is 2.18 bits per heavy atom. The summed E-state index contributed by atoms with van der Waals surface area (Å²) in [5, 5.41) is 0. The molecule has 1 aliphatic rings. The van der Waals surface area contributed by atoms with E-state index >= 15 is 0 Å². The van der Waals surface area contributed by atoms with Gasteiger partial charge in [0.1, 0.15) is 0 Å². The van der Waals surface area contributed by atoms with Gasteiger partial charge in [-0.15, -0.1) is 0 Å². The van der Waals surface area contributed by atoms with E-state index < -0.39 is 0 Å². The van der Waals surface area contributed by atoms with Crippen molar-refractivity contribution in [3.63, 3.8) is 0 Å². The van der Waals surface area contributed by atoms with Crippen molar-refractivity contribution in [2.24, 2.45) is 16.7 Å². The number of rotatable bonds is 5. The molecule has 0 bridgehead atoms. The van der Waals surface area contributed by atoms with Crippen LogP contribution in [0.25, 0.3) is 0 Å². The molecule has 1 aliphatic heterocycles. The highest BCUT2D eigenvalue weighted by atomic mass is 15.1. The molecular formula is C20H36N2. The van der Waals surface area contributed by atoms with Crippen LogP contribution in [0.1, 0.15) is 47.5 Å². The van der Waals surface area contributed by atoms with Crippen LogP contribution in [-0.4, -0.2) is 50.1 Å². The average Bonchev–Trinajstić information content (AvgIpc) is 2.36. The van der Waals surface area contributed by atoms with Crippen LogP contribution in [0.4, 0.5) is 0 Å². The van der Waals surface area contributed by atoms with Crippen molar-refractivity contribution < 1.29 is 0 Å². The second-order valence-corrected chi connectivity index (χ2v) is 8.72. The SMILES string of the molecule is CN(C)CC(C)(C)C1CCN(CC=CC#CC(C)(C)C)CC1. The first-order valence-electron chi connectivity index (χ1n) is 8.65. The minimum atomic E-state index is 0.0979. The van der Waals surface area contributed by atoms with Crippen LogP contribution in [0, 0.1) is 28.6 Å². The first-order valence-corrected chi connectivity index (χ1v) is 8.65. The highest BCUT2D eigenvalue weighted by Gasteiger charge is 2.32. The first kappa shape index (κ1) is 19.3. The van der Waals surface area contributed by atoms with E-state index in [9.17, 15) is 0 Å². The van der Waals surface area contributed by atoms with Gasteiger partial charge in [0, 0.05) is 18.5 Å². The molecule has 0 aliphatic carbocycles. The molecule has 1 saturated heterocycles. The Morgan fingerprint density at radius 2 is 1.68 bits per heavy atom. The predicted molar refractivity (Wildman–Crippen MR) is 97.9 cm³/mol. The molecule has 0 atom stereocenters. The van der Waals surface area contributed by atoms with E-state index in [1.165, 1.54) is 32.5 Å². The zero-order valence-electron chi connectivity index (χ0n) is 15.9. The largest absolute Gasteiger partial charge is 0.309 e. The Kier molecular flexibility index (Phi) is 7.16. The van der Waals surface area contributed by atoms with Crippen molar-refractivity contribution in [2.75, 3.05) is 40.3 Å². The Hall–Kier alpha value is -0.780. The molecule has 0 N–H and O–H groups in total. The summed E-state index contributed by atoms with van der Waals surface area (Å²) in [4.78, 5) is 4.88. The van der Waals surface area contributed by atoms with E-state index in [1.807, 2.05) is 6.08 Å². The molecule has 1 rings (SSSR count). The van der Waals surface area contributed by atoms with Gasteiger partial charge in [-0.25, -0.2) is 0 Å². The Bertz CT molecular complexity index is 407. The van der Waals surface area contributed by atoms with Crippen LogP contribution in [0.3, 0.4) is 0 Å². The van der Waals surface area contributed by atoms with Crippen molar-refractivity contribution in [2.45, 2.75) is 47.5 Å². The zero-order chi connectivity index (χ0) is 16.8. The fourth-order valence-electron chi connectivity index (χ4n) is 3.36. The van der Waals surface area contributed by atoms with Crippen molar-refractivity contribution in [1.82, 2.24) is 9.80 Å². The quantitative estimate of drug-likeness (QED) is 0.711. The molecule has 22 heavy (non-hydrogen) atoms. The Morgan fingerprint density at radius 1 is 1.09 bits per heavy atom. The topological polar surface area (TPSA) is 6.48 Å². The van der Waals surface area contributed by atoms with Gasteiger partial charge in [0.15, 0.2) is 0 Å². The van der Waals surface area contributed by atoms with Gasteiger partial charge in [-0.2, -0.15) is 0 Å². The van der Waals surface area contributed by atoms with Gasteiger partial charge in [-0.05, 0) is 78.2 Å². The molecule has 2 heteroatoms. The third kappa shape index (κ3) is 7.47. The number of allylic oxidation sites excluding steroid dienone is 1. The monoisotopic (exact) mass is 304 g/mol. The fraction of sp³-hybridized carbons (Fsp3) is 0.800. The molecule has 1 heterocycles. The zero-order valence-corrected chi connectivity index (χ0v) is 15.9. The van der Waals surface area contributed by atoms with E-state index in [4.69, 9.17) is 0 Å². The summed E-state index contributed by atoms with van der Waals surface area (Å²) < 4.78 is 0. The maximum absolute atomic E-state index is 3.24. The Balaban J connectivity index is 2.36. The van der Waals surface area contributed by atoms with Crippen LogP contribution in [0.15, 0.2) is 12.2 Å². The number of hydrogen-bond donors (Lipinski definition) is 0. The number of hydrogen-bond acceptors (Lipinski definition) is 2. The number of likely N-dealkylation sites (tertiary alicyclic amines) is 1. The minimum absolute atomic E-state index is 0.0979. The van der Waals surface area contributed by atoms with Crippen molar-refractivity contribution in [3.8, 4) is 11.8 Å². The number of piperidine rings is 1. The lowest BCUT2D eigenvalue weighted by Crippen LogP contribution is -2.42. The maximum atomic E-state index is 3.24. The van der Waals surface area contributed by atoms with E-state index in [2.05, 4.69) is 76.4 Å². The van der Waals surface area contributed by atoms with Crippen LogP contribution in [0.2, 0.25) is 0 Å². The van der Waals surface area contributed by atoms with Gasteiger partial charge in [0.25, 0.3) is 0 Å². The highest BCUT2D eigenvalue weighted by Crippen LogP contribution is 2.35. The molecule has 0 radical (unpaired) electrons. The van der Waals surface area contributed by atoms with Gasteiger partial charge >= 0.3 is 0 Å². The molecule has 0 aromatic carbocycles. The average molecular weight is 305 g/mol. The molecule has 0 aromatic heterocycles. The fourth-order valence-corrected chi connectivity index (χ4v) is 3.36. The molecule has 126 valence electrons. The summed E-state index contributed by atoms with van der Waals surface area (Å²) in [6, 6.07) is 0. The molecule has 0 saturated carbocycles. The molecule has 0 unspecified atom stereocenters. The van der Waals surface area contributed by atoms with Crippen LogP contribution in [-0.2, 0) is 0 Å². The molecule has 0 aromatic rings. The molecule has 0 spiro atoms. The molecule has 2 nitrogen and oxygen atoms in total. The first-order chi connectivity index (χ1) is 10.1. The van der Waals surface area contributed by atoms with Gasteiger partial charge in [-0.3, -0.25) is 4.90 Å². The van der Waals surface area contributed by atoms with Crippen molar-refractivity contribution >= 4 is 0 Å². The molecular weight excluding hydrogens is 268 g/mol. The summed E-state index contributed by atoms with van der Waals surface area (Å²) in [7, 11) is 4.36. The minimum Gasteiger partial charge on any atom is -0.309 e. The third-order valence-electron chi connectivity index (χ3n) is 4.43. The van der Waals surface area contributed by atoms with Gasteiger partial charge in [0.2, 0.25) is 0 Å². The predicted octanol–water partition coefficient (Wildman–Crippen LogP) is 3.89. The Labute approximate surface area is 138 Å². The molecule has 0 amide bonds. The molecule has 1 fully saturated rings. The van der Waals surface area contributed by atoms with Crippen LogP contribution >= 0.6 is 0 Å². The van der Waals surface area contributed by atoms with E-state index in [0.29, 0.717) is 5.41 Å². The van der Waals surface area contributed by atoms with Crippen LogP contribution < -0.4 is 0 Å². The second-order valence-electron chi connectivity index (χ2n) is 8.72. The third-order valence-corrected chi connectivity index (χ3v) is 4.43. The van der Waals surface area contributed by atoms with Gasteiger partial charge < -0.3 is 4.90 Å². The van der Waals surface area contributed by atoms with Gasteiger partial charge in [-0.1, -0.05) is 31.8 Å². The lowest BCUT2D eigenvalue weighted by molar-refractivity contribution is 0.0833. The van der Waals surface area contributed by atoms with Crippen molar-refractivity contribution in [1.29, 1.82) is 0 Å². The summed E-state index contributed by atoms with van der Waals surface area (Å²) in [6.07, 6.45) is 6.88. The highest BCUT2D eigenvalue weighted by molar-refractivity contribution is 5.19. The van der Waals surface area contributed by atoms with E-state index in [-0.39, 0.29) is 5.41 Å². The van der Waals surface area contributed by atoms with E-state index in [0.717, 1.165) is 12.5 Å². The smallest absolute Gasteiger partial charge is 0.0233 e. The summed E-state index contributed by atoms with van der Waals surface area (Å²) in [6.45, 7) is 16.0. The summed E-state index contributed by atoms with van der Waals surface area (Å²) in [5.41, 5.74) is 0.518. The lowest BCUT2D eigenvalue weighted by Gasteiger charge is -2.41. The van der Waals surface area contributed by atoms with Crippen molar-refractivity contribution in [3.05, 3.63) is 12.2 Å². The lowest BCUT2D eigenvalue weighted by atomic mass is 9.73. The summed E-state index contributed by atoms with van der Waals surface area (Å²) >= 11 is 0. The number of nitrogens with zero attached hydrogens (tertiary/aromatic N) is 2. The normalized spacial score (nSPS) is 18.7. The van der Waals surface area contributed by atoms with Gasteiger partial charge in [0.05, 0.1) is 0 Å².